The van der Waals surface area contributed by atoms with E-state index in [0.717, 1.165) is 11.8 Å². The number of hydrogen-bond donors (Lipinski definition) is 0. The second-order valence-electron chi connectivity index (χ2n) is 5.65. The number of ether oxygens (including phenoxy) is 1. The van der Waals surface area contributed by atoms with Crippen molar-refractivity contribution in [2.24, 2.45) is 17.3 Å². The molecule has 1 aliphatic heterocycles. The van der Waals surface area contributed by atoms with Crippen LogP contribution < -0.4 is 0 Å². The zero-order valence-electron chi connectivity index (χ0n) is 8.63. The highest BCUT2D eigenvalue weighted by molar-refractivity contribution is 4.98. The van der Waals surface area contributed by atoms with E-state index < -0.39 is 0 Å². The number of fused-ring (bicyclic) bond motifs is 1. The minimum atomic E-state index is 0.477. The summed E-state index contributed by atoms with van der Waals surface area (Å²) in [5.74, 6) is 1.67. The molecule has 70 valence electrons. The van der Waals surface area contributed by atoms with E-state index in [4.69, 9.17) is 4.74 Å². The highest BCUT2D eigenvalue weighted by atomic mass is 16.6. The van der Waals surface area contributed by atoms with Gasteiger partial charge in [-0.15, -0.1) is 0 Å². The monoisotopic (exact) mass is 168 g/mol. The van der Waals surface area contributed by atoms with Gasteiger partial charge in [0.05, 0.1) is 12.2 Å². The molecule has 0 amide bonds. The molecule has 0 N–H and O–H groups in total. The fraction of sp³-hybridized carbons (Fsp3) is 1.00. The van der Waals surface area contributed by atoms with Crippen LogP contribution in [-0.4, -0.2) is 12.2 Å². The summed E-state index contributed by atoms with van der Waals surface area (Å²) >= 11 is 0. The second kappa shape index (κ2) is 2.47. The highest BCUT2D eigenvalue weighted by Crippen LogP contribution is 2.48. The number of rotatable bonds is 0. The molecule has 1 heterocycles. The van der Waals surface area contributed by atoms with Gasteiger partial charge in [-0.3, -0.25) is 0 Å². The van der Waals surface area contributed by atoms with Crippen LogP contribution in [0.25, 0.3) is 0 Å². The first-order chi connectivity index (χ1) is 5.48. The Kier molecular flexibility index (Phi) is 1.76. The lowest BCUT2D eigenvalue weighted by molar-refractivity contribution is 0.166. The van der Waals surface area contributed by atoms with Crippen molar-refractivity contribution in [2.75, 3.05) is 0 Å². The van der Waals surface area contributed by atoms with Crippen LogP contribution in [0, 0.1) is 17.3 Å². The summed E-state index contributed by atoms with van der Waals surface area (Å²) in [5, 5.41) is 0. The van der Waals surface area contributed by atoms with Crippen molar-refractivity contribution in [3.63, 3.8) is 0 Å². The maximum absolute atomic E-state index is 5.62. The zero-order valence-corrected chi connectivity index (χ0v) is 8.63. The third-order valence-electron chi connectivity index (χ3n) is 3.58. The lowest BCUT2D eigenvalue weighted by atomic mass is 9.69. The van der Waals surface area contributed by atoms with Gasteiger partial charge in [0.25, 0.3) is 0 Å². The van der Waals surface area contributed by atoms with Crippen molar-refractivity contribution in [1.29, 1.82) is 0 Å². The Bertz CT molecular complexity index is 180. The molecular formula is C11H20O. The molecule has 4 atom stereocenters. The minimum Gasteiger partial charge on any atom is -0.369 e. The van der Waals surface area contributed by atoms with Crippen molar-refractivity contribution >= 4 is 0 Å². The van der Waals surface area contributed by atoms with Gasteiger partial charge in [-0.2, -0.15) is 0 Å². The Morgan fingerprint density at radius 3 is 2.33 bits per heavy atom. The molecule has 1 aliphatic carbocycles. The van der Waals surface area contributed by atoms with Crippen LogP contribution in [-0.2, 0) is 4.74 Å². The van der Waals surface area contributed by atoms with E-state index in [1.165, 1.54) is 12.8 Å². The summed E-state index contributed by atoms with van der Waals surface area (Å²) in [6, 6.07) is 0. The van der Waals surface area contributed by atoms with Gasteiger partial charge in [0.15, 0.2) is 0 Å². The summed E-state index contributed by atoms with van der Waals surface area (Å²) in [6.07, 6.45) is 3.92. The van der Waals surface area contributed by atoms with Crippen molar-refractivity contribution in [3.8, 4) is 0 Å². The van der Waals surface area contributed by atoms with Gasteiger partial charge in [0.2, 0.25) is 0 Å². The largest absolute Gasteiger partial charge is 0.369 e. The van der Waals surface area contributed by atoms with Gasteiger partial charge >= 0.3 is 0 Å². The molecule has 2 fully saturated rings. The van der Waals surface area contributed by atoms with Crippen LogP contribution in [0.5, 0.6) is 0 Å². The molecule has 0 aromatic rings. The molecule has 12 heavy (non-hydrogen) atoms. The van der Waals surface area contributed by atoms with Crippen LogP contribution >= 0.6 is 0 Å². The molecule has 2 aliphatic rings. The Hall–Kier alpha value is -0.0400. The number of hydrogen-bond acceptors (Lipinski definition) is 1. The molecule has 0 aromatic heterocycles. The topological polar surface area (TPSA) is 12.5 Å². The Morgan fingerprint density at radius 1 is 1.17 bits per heavy atom. The molecule has 2 rings (SSSR count). The second-order valence-corrected chi connectivity index (χ2v) is 5.65. The van der Waals surface area contributed by atoms with Gasteiger partial charge < -0.3 is 4.74 Å². The van der Waals surface area contributed by atoms with Crippen LogP contribution in [0.3, 0.4) is 0 Å². The first-order valence-electron chi connectivity index (χ1n) is 5.14. The lowest BCUT2D eigenvalue weighted by Gasteiger charge is -2.34. The molecule has 0 aromatic carbocycles. The van der Waals surface area contributed by atoms with Gasteiger partial charge in [-0.05, 0) is 30.1 Å². The molecule has 0 spiro atoms. The van der Waals surface area contributed by atoms with E-state index in [-0.39, 0.29) is 0 Å². The Labute approximate surface area is 75.5 Å². The van der Waals surface area contributed by atoms with E-state index >= 15 is 0 Å². The third-order valence-corrected chi connectivity index (χ3v) is 3.58. The SMILES string of the molecule is CC1CC(C(C)(C)C)CC2OC12. The predicted octanol–water partition coefficient (Wildman–Crippen LogP) is 2.85. The Balaban J connectivity index is 2.01. The molecular weight excluding hydrogens is 148 g/mol. The summed E-state index contributed by atoms with van der Waals surface area (Å²) < 4.78 is 5.62. The predicted molar refractivity (Wildman–Crippen MR) is 50.0 cm³/mol. The molecule has 4 unspecified atom stereocenters. The van der Waals surface area contributed by atoms with Crippen molar-refractivity contribution in [2.45, 2.75) is 52.7 Å². The maximum Gasteiger partial charge on any atom is 0.0867 e. The van der Waals surface area contributed by atoms with Crippen LogP contribution in [0.2, 0.25) is 0 Å². The Morgan fingerprint density at radius 2 is 1.83 bits per heavy atom. The molecule has 1 saturated heterocycles. The summed E-state index contributed by atoms with van der Waals surface area (Å²) in [6.45, 7) is 9.40. The fourth-order valence-corrected chi connectivity index (χ4v) is 2.51. The standard InChI is InChI=1S/C11H20O/c1-7-5-8(11(2,3)4)6-9-10(7)12-9/h7-10H,5-6H2,1-4H3. The van der Waals surface area contributed by atoms with Crippen LogP contribution in [0.15, 0.2) is 0 Å². The quantitative estimate of drug-likeness (QED) is 0.507. The first kappa shape index (κ1) is 8.55. The van der Waals surface area contributed by atoms with E-state index in [9.17, 15) is 0 Å². The first-order valence-corrected chi connectivity index (χ1v) is 5.14. The zero-order chi connectivity index (χ0) is 8.93. The smallest absolute Gasteiger partial charge is 0.0867 e. The summed E-state index contributed by atoms with van der Waals surface area (Å²) in [5.41, 5.74) is 0.477. The highest BCUT2D eigenvalue weighted by Gasteiger charge is 2.50. The average Bonchev–Trinajstić information content (AvgIpc) is 2.63. The summed E-state index contributed by atoms with van der Waals surface area (Å²) in [7, 11) is 0. The van der Waals surface area contributed by atoms with E-state index in [2.05, 4.69) is 27.7 Å². The third kappa shape index (κ3) is 1.39. The van der Waals surface area contributed by atoms with Crippen molar-refractivity contribution < 1.29 is 4.74 Å². The number of epoxide rings is 1. The normalized spacial score (nSPS) is 47.0. The lowest BCUT2D eigenvalue weighted by Crippen LogP contribution is -2.30. The maximum atomic E-state index is 5.62. The van der Waals surface area contributed by atoms with Crippen molar-refractivity contribution in [3.05, 3.63) is 0 Å². The fourth-order valence-electron chi connectivity index (χ4n) is 2.51. The van der Waals surface area contributed by atoms with E-state index in [1.807, 2.05) is 0 Å². The molecule has 0 bridgehead atoms. The molecule has 1 nitrogen and oxygen atoms in total. The molecule has 0 radical (unpaired) electrons. The van der Waals surface area contributed by atoms with E-state index in [0.29, 0.717) is 17.6 Å². The van der Waals surface area contributed by atoms with E-state index in [1.54, 1.807) is 0 Å². The van der Waals surface area contributed by atoms with Crippen LogP contribution in [0.4, 0.5) is 0 Å². The van der Waals surface area contributed by atoms with Crippen LogP contribution in [0.1, 0.15) is 40.5 Å². The molecule has 1 heteroatoms. The summed E-state index contributed by atoms with van der Waals surface area (Å²) in [4.78, 5) is 0. The van der Waals surface area contributed by atoms with Gasteiger partial charge in [-0.25, -0.2) is 0 Å². The van der Waals surface area contributed by atoms with Gasteiger partial charge in [-0.1, -0.05) is 27.7 Å². The van der Waals surface area contributed by atoms with Crippen molar-refractivity contribution in [1.82, 2.24) is 0 Å². The molecule has 1 saturated carbocycles. The van der Waals surface area contributed by atoms with Gasteiger partial charge in [0.1, 0.15) is 0 Å². The minimum absolute atomic E-state index is 0.477. The van der Waals surface area contributed by atoms with Gasteiger partial charge in [0, 0.05) is 0 Å². The average molecular weight is 168 g/mol.